The van der Waals surface area contributed by atoms with Gasteiger partial charge in [0.1, 0.15) is 11.6 Å². The van der Waals surface area contributed by atoms with E-state index in [1.165, 1.54) is 17.7 Å². The second kappa shape index (κ2) is 4.99. The van der Waals surface area contributed by atoms with Crippen molar-refractivity contribution in [2.45, 2.75) is 6.42 Å². The van der Waals surface area contributed by atoms with Crippen molar-refractivity contribution in [1.29, 1.82) is 0 Å². The number of ether oxygens (including phenoxy) is 1. The molecule has 84 valence electrons. The predicted octanol–water partition coefficient (Wildman–Crippen LogP) is 3.09. The third-order valence-electron chi connectivity index (χ3n) is 2.21. The smallest absolute Gasteiger partial charge is 0.149 e. The largest absolute Gasteiger partial charge is 0.493 e. The van der Waals surface area contributed by atoms with Crippen LogP contribution in [0.3, 0.4) is 0 Å². The fourth-order valence-electron chi connectivity index (χ4n) is 1.32. The molecule has 2 N–H and O–H groups in total. The minimum absolute atomic E-state index is 0.144. The summed E-state index contributed by atoms with van der Waals surface area (Å²) in [5, 5.41) is 4.10. The molecule has 0 saturated carbocycles. The van der Waals surface area contributed by atoms with Crippen molar-refractivity contribution >= 4 is 17.0 Å². The first-order valence-corrected chi connectivity index (χ1v) is 5.89. The molecule has 1 aromatic carbocycles. The Morgan fingerprint density at radius 1 is 1.31 bits per heavy atom. The molecule has 0 spiro atoms. The van der Waals surface area contributed by atoms with E-state index in [0.29, 0.717) is 12.4 Å². The van der Waals surface area contributed by atoms with Gasteiger partial charge in [-0.3, -0.25) is 0 Å². The van der Waals surface area contributed by atoms with Gasteiger partial charge in [0.05, 0.1) is 12.3 Å². The third kappa shape index (κ3) is 2.73. The Bertz CT molecular complexity index is 456. The molecule has 1 aromatic heterocycles. The van der Waals surface area contributed by atoms with Crippen molar-refractivity contribution in [1.82, 2.24) is 0 Å². The summed E-state index contributed by atoms with van der Waals surface area (Å²) >= 11 is 1.66. The molecule has 0 aliphatic carbocycles. The van der Waals surface area contributed by atoms with Crippen LogP contribution in [0.1, 0.15) is 5.56 Å². The minimum Gasteiger partial charge on any atom is -0.493 e. The van der Waals surface area contributed by atoms with Crippen molar-refractivity contribution < 1.29 is 9.13 Å². The highest BCUT2D eigenvalue weighted by atomic mass is 32.1. The molecule has 0 saturated heterocycles. The van der Waals surface area contributed by atoms with Crippen LogP contribution < -0.4 is 10.5 Å². The van der Waals surface area contributed by atoms with Gasteiger partial charge in [-0.1, -0.05) is 0 Å². The second-order valence-electron chi connectivity index (χ2n) is 3.41. The van der Waals surface area contributed by atoms with Gasteiger partial charge in [-0.25, -0.2) is 4.39 Å². The Morgan fingerprint density at radius 3 is 2.88 bits per heavy atom. The highest BCUT2D eigenvalue weighted by Gasteiger charge is 2.01. The molecule has 0 atom stereocenters. The predicted molar refractivity (Wildman–Crippen MR) is 64.3 cm³/mol. The van der Waals surface area contributed by atoms with Crippen LogP contribution in [0.25, 0.3) is 0 Å². The van der Waals surface area contributed by atoms with Crippen LogP contribution in [-0.2, 0) is 6.42 Å². The van der Waals surface area contributed by atoms with Gasteiger partial charge < -0.3 is 10.5 Å². The van der Waals surface area contributed by atoms with E-state index < -0.39 is 5.82 Å². The first-order chi connectivity index (χ1) is 7.75. The Hall–Kier alpha value is -1.55. The molecule has 16 heavy (non-hydrogen) atoms. The van der Waals surface area contributed by atoms with Gasteiger partial charge in [-0.15, -0.1) is 0 Å². The van der Waals surface area contributed by atoms with Crippen LogP contribution in [0, 0.1) is 5.82 Å². The molecule has 2 nitrogen and oxygen atoms in total. The van der Waals surface area contributed by atoms with Gasteiger partial charge in [-0.05, 0) is 34.5 Å². The lowest BCUT2D eigenvalue weighted by atomic mass is 10.2. The molecule has 1 heterocycles. The number of benzene rings is 1. The minimum atomic E-state index is -0.437. The van der Waals surface area contributed by atoms with E-state index in [2.05, 4.69) is 11.4 Å². The molecule has 0 aliphatic heterocycles. The highest BCUT2D eigenvalue weighted by Crippen LogP contribution is 2.18. The summed E-state index contributed by atoms with van der Waals surface area (Å²) in [6.45, 7) is 0.542. The van der Waals surface area contributed by atoms with Crippen LogP contribution in [-0.4, -0.2) is 6.61 Å². The lowest BCUT2D eigenvalue weighted by molar-refractivity contribution is 0.320. The third-order valence-corrected chi connectivity index (χ3v) is 2.94. The Kier molecular flexibility index (Phi) is 3.41. The standard InChI is InChI=1S/C12H12FNOS/c13-11-7-10(1-2-12(11)14)15-5-3-9-4-6-16-8-9/h1-2,4,6-8H,3,5,14H2. The van der Waals surface area contributed by atoms with Crippen LogP contribution in [0.5, 0.6) is 5.75 Å². The van der Waals surface area contributed by atoms with Gasteiger partial charge in [0, 0.05) is 12.5 Å². The quantitative estimate of drug-likeness (QED) is 0.829. The van der Waals surface area contributed by atoms with E-state index in [4.69, 9.17) is 10.5 Å². The first-order valence-electron chi connectivity index (χ1n) is 4.94. The van der Waals surface area contributed by atoms with E-state index in [1.54, 1.807) is 17.4 Å². The summed E-state index contributed by atoms with van der Waals surface area (Å²) < 4.78 is 18.5. The average molecular weight is 237 g/mol. The maximum Gasteiger partial charge on any atom is 0.149 e. The van der Waals surface area contributed by atoms with Crippen LogP contribution in [0.4, 0.5) is 10.1 Å². The normalized spacial score (nSPS) is 10.3. The van der Waals surface area contributed by atoms with E-state index in [9.17, 15) is 4.39 Å². The maximum absolute atomic E-state index is 13.1. The SMILES string of the molecule is Nc1ccc(OCCc2ccsc2)cc1F. The molecule has 0 radical (unpaired) electrons. The van der Waals surface area contributed by atoms with E-state index in [0.717, 1.165) is 6.42 Å². The number of nitrogens with two attached hydrogens (primary N) is 1. The Morgan fingerprint density at radius 2 is 2.19 bits per heavy atom. The molecule has 0 bridgehead atoms. The number of thiophene rings is 1. The number of halogens is 1. The van der Waals surface area contributed by atoms with Crippen LogP contribution in [0.2, 0.25) is 0 Å². The summed E-state index contributed by atoms with van der Waals surface area (Å²) in [5.41, 5.74) is 6.75. The summed E-state index contributed by atoms with van der Waals surface area (Å²) in [6, 6.07) is 6.54. The van der Waals surface area contributed by atoms with Crippen LogP contribution in [0.15, 0.2) is 35.0 Å². The zero-order valence-corrected chi connectivity index (χ0v) is 9.47. The molecule has 4 heteroatoms. The molecule has 0 amide bonds. The highest BCUT2D eigenvalue weighted by molar-refractivity contribution is 7.07. The van der Waals surface area contributed by atoms with E-state index in [-0.39, 0.29) is 5.69 Å². The summed E-state index contributed by atoms with van der Waals surface area (Å²) in [4.78, 5) is 0. The molecular weight excluding hydrogens is 225 g/mol. The average Bonchev–Trinajstić information content (AvgIpc) is 2.76. The molecule has 0 aliphatic rings. The summed E-state index contributed by atoms with van der Waals surface area (Å²) in [5.74, 6) is 0.0787. The second-order valence-corrected chi connectivity index (χ2v) is 4.19. The molecule has 2 aromatic rings. The topological polar surface area (TPSA) is 35.2 Å². The van der Waals surface area contributed by atoms with Crippen molar-refractivity contribution in [2.24, 2.45) is 0 Å². The molecular formula is C12H12FNOS. The zero-order valence-electron chi connectivity index (χ0n) is 8.65. The van der Waals surface area contributed by atoms with Gasteiger partial charge >= 0.3 is 0 Å². The van der Waals surface area contributed by atoms with Crippen molar-refractivity contribution in [3.8, 4) is 5.75 Å². The lowest BCUT2D eigenvalue weighted by Gasteiger charge is -2.06. The number of anilines is 1. The summed E-state index contributed by atoms with van der Waals surface area (Å²) in [7, 11) is 0. The number of hydrogen-bond donors (Lipinski definition) is 1. The van der Waals surface area contributed by atoms with Crippen molar-refractivity contribution in [3.63, 3.8) is 0 Å². The molecule has 2 rings (SSSR count). The van der Waals surface area contributed by atoms with Crippen LogP contribution >= 0.6 is 11.3 Å². The maximum atomic E-state index is 13.1. The van der Waals surface area contributed by atoms with Gasteiger partial charge in [-0.2, -0.15) is 11.3 Å². The van der Waals surface area contributed by atoms with Crippen molar-refractivity contribution in [2.75, 3.05) is 12.3 Å². The number of hydrogen-bond acceptors (Lipinski definition) is 3. The monoisotopic (exact) mass is 237 g/mol. The summed E-state index contributed by atoms with van der Waals surface area (Å²) in [6.07, 6.45) is 0.829. The van der Waals surface area contributed by atoms with E-state index in [1.807, 2.05) is 5.38 Å². The van der Waals surface area contributed by atoms with Gasteiger partial charge in [0.15, 0.2) is 0 Å². The van der Waals surface area contributed by atoms with Gasteiger partial charge in [0.25, 0.3) is 0 Å². The molecule has 0 unspecified atom stereocenters. The van der Waals surface area contributed by atoms with E-state index >= 15 is 0 Å². The Labute approximate surface area is 97.5 Å². The Balaban J connectivity index is 1.87. The number of nitrogen functional groups attached to an aromatic ring is 1. The van der Waals surface area contributed by atoms with Gasteiger partial charge in [0.2, 0.25) is 0 Å². The number of rotatable bonds is 4. The fraction of sp³-hybridized carbons (Fsp3) is 0.167. The fourth-order valence-corrected chi connectivity index (χ4v) is 2.02. The molecule has 0 fully saturated rings. The zero-order chi connectivity index (χ0) is 11.4. The lowest BCUT2D eigenvalue weighted by Crippen LogP contribution is -2.01. The van der Waals surface area contributed by atoms with Crippen molar-refractivity contribution in [3.05, 3.63) is 46.4 Å². The first kappa shape index (κ1) is 11.0.